The molecule has 0 aliphatic rings. The Hall–Kier alpha value is -1.26. The number of hydrogen-bond donors (Lipinski definition) is 2. The van der Waals surface area contributed by atoms with Gasteiger partial charge < -0.3 is 15.4 Å². The van der Waals surface area contributed by atoms with Crippen LogP contribution in [0.1, 0.15) is 36.8 Å². The first kappa shape index (κ1) is 24.8. The number of ether oxygens (including phenoxy) is 1. The van der Waals surface area contributed by atoms with E-state index in [9.17, 15) is 0 Å². The van der Waals surface area contributed by atoms with Gasteiger partial charge in [-0.05, 0) is 87.3 Å². The van der Waals surface area contributed by atoms with E-state index in [1.54, 1.807) is 7.11 Å². The van der Waals surface area contributed by atoms with Crippen molar-refractivity contribution < 1.29 is 4.74 Å². The Labute approximate surface area is 181 Å². The van der Waals surface area contributed by atoms with Gasteiger partial charge >= 0.3 is 0 Å². The molecule has 2 N–H and O–H groups in total. The maximum atomic E-state index is 5.90. The predicted octanol–water partition coefficient (Wildman–Crippen LogP) is 5.30. The van der Waals surface area contributed by atoms with Crippen molar-refractivity contribution in [2.24, 2.45) is 0 Å². The van der Waals surface area contributed by atoms with Gasteiger partial charge in [0.2, 0.25) is 0 Å². The van der Waals surface area contributed by atoms with Gasteiger partial charge in [-0.2, -0.15) is 0 Å². The molecule has 0 heterocycles. The first-order valence-electron chi connectivity index (χ1n) is 10.1. The Morgan fingerprint density at radius 3 is 1.96 bits per heavy atom. The summed E-state index contributed by atoms with van der Waals surface area (Å²) in [6, 6.07) is 16.4. The van der Waals surface area contributed by atoms with E-state index in [-0.39, 0.29) is 12.4 Å². The molecule has 0 spiro atoms. The summed E-state index contributed by atoms with van der Waals surface area (Å²) in [7, 11) is 1.71. The number of rotatable bonds is 14. The maximum absolute atomic E-state index is 5.90. The highest BCUT2D eigenvalue weighted by Crippen LogP contribution is 2.12. The van der Waals surface area contributed by atoms with Crippen molar-refractivity contribution in [3.63, 3.8) is 0 Å². The lowest BCUT2D eigenvalue weighted by Crippen LogP contribution is -2.19. The van der Waals surface area contributed by atoms with Crippen molar-refractivity contribution in [2.75, 3.05) is 33.3 Å². The highest BCUT2D eigenvalue weighted by molar-refractivity contribution is 6.30. The molecule has 2 rings (SSSR count). The largest absolute Gasteiger partial charge is 0.497 e. The lowest BCUT2D eigenvalue weighted by molar-refractivity contribution is 0.414. The Balaban J connectivity index is 0.00000392. The van der Waals surface area contributed by atoms with Crippen LogP contribution in [0.4, 0.5) is 0 Å². The smallest absolute Gasteiger partial charge is 0.119 e. The lowest BCUT2D eigenvalue weighted by atomic mass is 10.1. The van der Waals surface area contributed by atoms with Gasteiger partial charge in [0, 0.05) is 5.02 Å². The second-order valence-corrected chi connectivity index (χ2v) is 7.33. The zero-order chi connectivity index (χ0) is 19.2. The number of hydrogen-bond acceptors (Lipinski definition) is 3. The van der Waals surface area contributed by atoms with Gasteiger partial charge in [-0.3, -0.25) is 0 Å². The average Bonchev–Trinajstić information content (AvgIpc) is 2.70. The van der Waals surface area contributed by atoms with E-state index < -0.39 is 0 Å². The van der Waals surface area contributed by atoms with Crippen molar-refractivity contribution in [3.8, 4) is 5.75 Å². The normalized spacial score (nSPS) is 10.5. The third-order valence-corrected chi connectivity index (χ3v) is 4.94. The van der Waals surface area contributed by atoms with Crippen LogP contribution < -0.4 is 15.4 Å². The average molecular weight is 425 g/mol. The van der Waals surface area contributed by atoms with Gasteiger partial charge in [0.05, 0.1) is 7.11 Å². The summed E-state index contributed by atoms with van der Waals surface area (Å²) in [6.07, 6.45) is 7.22. The highest BCUT2D eigenvalue weighted by Gasteiger charge is 1.97. The van der Waals surface area contributed by atoms with Gasteiger partial charge in [0.25, 0.3) is 0 Å². The summed E-state index contributed by atoms with van der Waals surface area (Å²) < 4.78 is 5.26. The first-order chi connectivity index (χ1) is 13.3. The summed E-state index contributed by atoms with van der Waals surface area (Å²) in [6.45, 7) is 4.28. The number of halogens is 2. The predicted molar refractivity (Wildman–Crippen MR) is 123 cm³/mol. The summed E-state index contributed by atoms with van der Waals surface area (Å²) in [4.78, 5) is 0. The molecule has 5 heteroatoms. The summed E-state index contributed by atoms with van der Waals surface area (Å²) in [5, 5.41) is 7.87. The van der Waals surface area contributed by atoms with E-state index in [2.05, 4.69) is 41.0 Å². The topological polar surface area (TPSA) is 33.3 Å². The van der Waals surface area contributed by atoms with Gasteiger partial charge in [-0.15, -0.1) is 12.4 Å². The molecule has 2 aromatic rings. The molecule has 0 amide bonds. The fraction of sp³-hybridized carbons (Fsp3) is 0.478. The molecule has 0 atom stereocenters. The van der Waals surface area contributed by atoms with Crippen LogP contribution in [-0.4, -0.2) is 33.3 Å². The van der Waals surface area contributed by atoms with Crippen LogP contribution in [0.25, 0.3) is 0 Å². The Morgan fingerprint density at radius 2 is 1.36 bits per heavy atom. The molecule has 0 saturated carbocycles. The minimum Gasteiger partial charge on any atom is -0.497 e. The van der Waals surface area contributed by atoms with Crippen LogP contribution in [0.5, 0.6) is 5.75 Å². The van der Waals surface area contributed by atoms with Crippen LogP contribution in [0.15, 0.2) is 48.5 Å². The minimum absolute atomic E-state index is 0. The van der Waals surface area contributed by atoms with Crippen LogP contribution >= 0.6 is 24.0 Å². The quantitative estimate of drug-likeness (QED) is 0.403. The molecular formula is C23H34Cl2N2O. The van der Waals surface area contributed by atoms with E-state index in [0.717, 1.165) is 49.8 Å². The second-order valence-electron chi connectivity index (χ2n) is 6.89. The number of benzene rings is 2. The standard InChI is InChI=1S/C23H33ClN2O.ClH/c1-27-23-8-6-7-21(19-23)14-18-26-16-5-3-2-4-15-25-17-13-20-9-11-22(24)12-10-20;/h6-12,19,25-26H,2-5,13-18H2,1H3;1H. The molecular weight excluding hydrogens is 391 g/mol. The zero-order valence-corrected chi connectivity index (χ0v) is 18.5. The van der Waals surface area contributed by atoms with Gasteiger partial charge in [0.15, 0.2) is 0 Å². The maximum Gasteiger partial charge on any atom is 0.119 e. The van der Waals surface area contributed by atoms with Crippen LogP contribution in [-0.2, 0) is 12.8 Å². The highest BCUT2D eigenvalue weighted by atomic mass is 35.5. The van der Waals surface area contributed by atoms with Crippen molar-refractivity contribution in [1.82, 2.24) is 10.6 Å². The minimum atomic E-state index is 0. The van der Waals surface area contributed by atoms with Crippen molar-refractivity contribution in [3.05, 3.63) is 64.7 Å². The fourth-order valence-corrected chi connectivity index (χ4v) is 3.17. The van der Waals surface area contributed by atoms with E-state index in [0.29, 0.717) is 0 Å². The molecule has 0 saturated heterocycles. The van der Waals surface area contributed by atoms with E-state index in [4.69, 9.17) is 16.3 Å². The molecule has 156 valence electrons. The van der Waals surface area contributed by atoms with E-state index in [1.165, 1.54) is 36.8 Å². The second kappa shape index (κ2) is 15.6. The molecule has 0 unspecified atom stereocenters. The molecule has 0 fully saturated rings. The summed E-state index contributed by atoms with van der Waals surface area (Å²) in [5.74, 6) is 0.939. The fourth-order valence-electron chi connectivity index (χ4n) is 3.05. The van der Waals surface area contributed by atoms with Crippen molar-refractivity contribution in [1.29, 1.82) is 0 Å². The van der Waals surface area contributed by atoms with Crippen molar-refractivity contribution >= 4 is 24.0 Å². The number of nitrogens with one attached hydrogen (secondary N) is 2. The monoisotopic (exact) mass is 424 g/mol. The van der Waals surface area contributed by atoms with E-state index >= 15 is 0 Å². The SMILES string of the molecule is COc1cccc(CCNCCCCCCNCCc2ccc(Cl)cc2)c1.Cl. The van der Waals surface area contributed by atoms with Crippen LogP contribution in [0.3, 0.4) is 0 Å². The molecule has 0 aliphatic heterocycles. The zero-order valence-electron chi connectivity index (χ0n) is 16.9. The molecule has 0 aliphatic carbocycles. The Bertz CT molecular complexity index is 635. The lowest BCUT2D eigenvalue weighted by Gasteiger charge is -2.07. The summed E-state index contributed by atoms with van der Waals surface area (Å²) in [5.41, 5.74) is 2.67. The van der Waals surface area contributed by atoms with Crippen LogP contribution in [0, 0.1) is 0 Å². The molecule has 0 bridgehead atoms. The molecule has 0 radical (unpaired) electrons. The van der Waals surface area contributed by atoms with Gasteiger partial charge in [-0.1, -0.05) is 48.7 Å². The van der Waals surface area contributed by atoms with Gasteiger partial charge in [-0.25, -0.2) is 0 Å². The number of methoxy groups -OCH3 is 1. The molecule has 0 aromatic heterocycles. The third-order valence-electron chi connectivity index (χ3n) is 4.69. The van der Waals surface area contributed by atoms with Crippen molar-refractivity contribution in [2.45, 2.75) is 38.5 Å². The summed E-state index contributed by atoms with van der Waals surface area (Å²) >= 11 is 5.90. The van der Waals surface area contributed by atoms with Crippen LogP contribution in [0.2, 0.25) is 5.02 Å². The molecule has 2 aromatic carbocycles. The van der Waals surface area contributed by atoms with E-state index in [1.807, 2.05) is 18.2 Å². The third kappa shape index (κ3) is 10.9. The number of unbranched alkanes of at least 4 members (excludes halogenated alkanes) is 3. The first-order valence-corrected chi connectivity index (χ1v) is 10.4. The molecule has 28 heavy (non-hydrogen) atoms. The molecule has 3 nitrogen and oxygen atoms in total. The Kier molecular flexibility index (Phi) is 13.8. The Morgan fingerprint density at radius 1 is 0.750 bits per heavy atom. The van der Waals surface area contributed by atoms with Gasteiger partial charge in [0.1, 0.15) is 5.75 Å².